The first-order chi connectivity index (χ1) is 9.30. The maximum atomic E-state index is 12.0. The summed E-state index contributed by atoms with van der Waals surface area (Å²) in [5.74, 6) is -0.519. The molecule has 0 unspecified atom stereocenters. The van der Waals surface area contributed by atoms with Gasteiger partial charge >= 0.3 is 5.97 Å². The molecule has 0 heterocycles. The lowest BCUT2D eigenvalue weighted by Gasteiger charge is -2.12. The highest BCUT2D eigenvalue weighted by Gasteiger charge is 2.13. The van der Waals surface area contributed by atoms with E-state index in [1.807, 2.05) is 13.8 Å². The lowest BCUT2D eigenvalue weighted by molar-refractivity contribution is -0.136. The Hall–Kier alpha value is -1.56. The van der Waals surface area contributed by atoms with Gasteiger partial charge in [0.1, 0.15) is 0 Å². The SMILES string of the molecule is CC(C)CCS(=O)(=O)Nc1ccccc1CCC(=O)O. The number of anilines is 1. The van der Waals surface area contributed by atoms with E-state index < -0.39 is 16.0 Å². The topological polar surface area (TPSA) is 83.5 Å². The molecule has 0 aliphatic heterocycles. The van der Waals surface area contributed by atoms with Crippen LogP contribution in [-0.2, 0) is 21.2 Å². The van der Waals surface area contributed by atoms with Gasteiger partial charge in [-0.25, -0.2) is 8.42 Å². The minimum absolute atomic E-state index is 0.0231. The maximum absolute atomic E-state index is 12.0. The summed E-state index contributed by atoms with van der Waals surface area (Å²) in [6.07, 6.45) is 0.871. The summed E-state index contributed by atoms with van der Waals surface area (Å²) in [6.45, 7) is 3.94. The van der Waals surface area contributed by atoms with Gasteiger partial charge < -0.3 is 5.11 Å². The highest BCUT2D eigenvalue weighted by molar-refractivity contribution is 7.92. The van der Waals surface area contributed by atoms with Crippen LogP contribution in [0.2, 0.25) is 0 Å². The van der Waals surface area contributed by atoms with E-state index in [4.69, 9.17) is 5.11 Å². The van der Waals surface area contributed by atoms with Gasteiger partial charge in [-0.1, -0.05) is 32.0 Å². The van der Waals surface area contributed by atoms with Crippen molar-refractivity contribution in [2.45, 2.75) is 33.1 Å². The fraction of sp³-hybridized carbons (Fsp3) is 0.500. The number of carboxylic acids is 1. The fourth-order valence-electron chi connectivity index (χ4n) is 1.69. The molecule has 112 valence electrons. The average Bonchev–Trinajstić information content (AvgIpc) is 2.35. The van der Waals surface area contributed by atoms with Gasteiger partial charge in [-0.15, -0.1) is 0 Å². The number of carbonyl (C=O) groups is 1. The molecule has 1 rings (SSSR count). The number of aryl methyl sites for hydroxylation is 1. The molecule has 0 aromatic heterocycles. The van der Waals surface area contributed by atoms with Crippen LogP contribution in [-0.4, -0.2) is 25.2 Å². The normalized spacial score (nSPS) is 11.6. The Labute approximate surface area is 120 Å². The molecule has 0 bridgehead atoms. The summed E-state index contributed by atoms with van der Waals surface area (Å²) >= 11 is 0. The van der Waals surface area contributed by atoms with Crippen molar-refractivity contribution in [1.82, 2.24) is 0 Å². The number of hydrogen-bond acceptors (Lipinski definition) is 3. The maximum Gasteiger partial charge on any atom is 0.303 e. The minimum Gasteiger partial charge on any atom is -0.481 e. The predicted octanol–water partition coefficient (Wildman–Crippen LogP) is 2.49. The van der Waals surface area contributed by atoms with Crippen molar-refractivity contribution in [2.75, 3.05) is 10.5 Å². The highest BCUT2D eigenvalue weighted by atomic mass is 32.2. The van der Waals surface area contributed by atoms with Crippen molar-refractivity contribution in [3.63, 3.8) is 0 Å². The summed E-state index contributed by atoms with van der Waals surface area (Å²) < 4.78 is 26.5. The van der Waals surface area contributed by atoms with Gasteiger partial charge in [-0.3, -0.25) is 9.52 Å². The summed E-state index contributed by atoms with van der Waals surface area (Å²) in [6, 6.07) is 6.89. The third-order valence-electron chi connectivity index (χ3n) is 2.85. The third kappa shape index (κ3) is 6.06. The number of benzene rings is 1. The standard InChI is InChI=1S/C14H21NO4S/c1-11(2)9-10-20(18,19)15-13-6-4-3-5-12(13)7-8-14(16)17/h3-6,11,15H,7-10H2,1-2H3,(H,16,17). The summed E-state index contributed by atoms with van der Waals surface area (Å²) in [5.41, 5.74) is 1.17. The first-order valence-electron chi connectivity index (χ1n) is 6.60. The number of aliphatic carboxylic acids is 1. The Morgan fingerprint density at radius 3 is 2.55 bits per heavy atom. The quantitative estimate of drug-likeness (QED) is 0.772. The third-order valence-corrected chi connectivity index (χ3v) is 4.16. The first-order valence-corrected chi connectivity index (χ1v) is 8.25. The number of carboxylic acid groups (broad SMARTS) is 1. The Kier molecular flexibility index (Phi) is 6.01. The van der Waals surface area contributed by atoms with Crippen molar-refractivity contribution in [1.29, 1.82) is 0 Å². The van der Waals surface area contributed by atoms with Gasteiger partial charge in [-0.2, -0.15) is 0 Å². The first kappa shape index (κ1) is 16.5. The Morgan fingerprint density at radius 1 is 1.30 bits per heavy atom. The van der Waals surface area contributed by atoms with Crippen LogP contribution in [0.1, 0.15) is 32.3 Å². The average molecular weight is 299 g/mol. The molecule has 1 aromatic carbocycles. The lowest BCUT2D eigenvalue weighted by Crippen LogP contribution is -2.19. The second kappa shape index (κ2) is 7.28. The molecule has 0 amide bonds. The molecule has 0 saturated carbocycles. The highest BCUT2D eigenvalue weighted by Crippen LogP contribution is 2.19. The van der Waals surface area contributed by atoms with Crippen molar-refractivity contribution in [3.05, 3.63) is 29.8 Å². The van der Waals surface area contributed by atoms with Crippen LogP contribution in [0.15, 0.2) is 24.3 Å². The molecule has 0 fully saturated rings. The molecule has 1 aromatic rings. The molecular formula is C14H21NO4S. The van der Waals surface area contributed by atoms with Crippen LogP contribution in [0.25, 0.3) is 0 Å². The van der Waals surface area contributed by atoms with Crippen LogP contribution in [0.5, 0.6) is 0 Å². The van der Waals surface area contributed by atoms with Gasteiger partial charge in [0.2, 0.25) is 10.0 Å². The zero-order valence-electron chi connectivity index (χ0n) is 11.8. The van der Waals surface area contributed by atoms with E-state index >= 15 is 0 Å². The molecule has 0 aliphatic carbocycles. The monoisotopic (exact) mass is 299 g/mol. The molecule has 2 N–H and O–H groups in total. The minimum atomic E-state index is -3.39. The van der Waals surface area contributed by atoms with E-state index in [-0.39, 0.29) is 12.2 Å². The van der Waals surface area contributed by atoms with Crippen molar-refractivity contribution in [3.8, 4) is 0 Å². The number of para-hydroxylation sites is 1. The molecule has 0 radical (unpaired) electrons. The molecule has 20 heavy (non-hydrogen) atoms. The number of hydrogen-bond donors (Lipinski definition) is 2. The second-order valence-electron chi connectivity index (χ2n) is 5.15. The van der Waals surface area contributed by atoms with E-state index in [9.17, 15) is 13.2 Å². The zero-order valence-corrected chi connectivity index (χ0v) is 12.6. The van der Waals surface area contributed by atoms with Crippen LogP contribution in [0.4, 0.5) is 5.69 Å². The van der Waals surface area contributed by atoms with Crippen molar-refractivity contribution < 1.29 is 18.3 Å². The molecule has 0 saturated heterocycles. The van der Waals surface area contributed by atoms with Gasteiger partial charge in [0.05, 0.1) is 11.4 Å². The van der Waals surface area contributed by atoms with E-state index in [1.54, 1.807) is 24.3 Å². The van der Waals surface area contributed by atoms with Crippen LogP contribution < -0.4 is 4.72 Å². The zero-order chi connectivity index (χ0) is 15.2. The van der Waals surface area contributed by atoms with E-state index in [1.165, 1.54) is 0 Å². The van der Waals surface area contributed by atoms with Gasteiger partial charge in [-0.05, 0) is 30.4 Å². The molecule has 5 nitrogen and oxygen atoms in total. The second-order valence-corrected chi connectivity index (χ2v) is 7.00. The fourth-order valence-corrected chi connectivity index (χ4v) is 3.11. The van der Waals surface area contributed by atoms with Crippen LogP contribution in [0, 0.1) is 5.92 Å². The molecule has 0 spiro atoms. The van der Waals surface area contributed by atoms with E-state index in [0.717, 1.165) is 0 Å². The van der Waals surface area contributed by atoms with E-state index in [2.05, 4.69) is 4.72 Å². The Bertz CT molecular complexity index is 552. The predicted molar refractivity (Wildman–Crippen MR) is 79.3 cm³/mol. The van der Waals surface area contributed by atoms with Crippen molar-refractivity contribution >= 4 is 21.7 Å². The lowest BCUT2D eigenvalue weighted by atomic mass is 10.1. The van der Waals surface area contributed by atoms with E-state index in [0.29, 0.717) is 30.0 Å². The molecule has 0 aliphatic rings. The summed E-state index contributed by atoms with van der Waals surface area (Å²) in [5, 5.41) is 8.70. The molecular weight excluding hydrogens is 278 g/mol. The number of nitrogens with one attached hydrogen (secondary N) is 1. The van der Waals surface area contributed by atoms with Gasteiger partial charge in [0, 0.05) is 6.42 Å². The number of rotatable bonds is 8. The van der Waals surface area contributed by atoms with Crippen LogP contribution >= 0.6 is 0 Å². The summed E-state index contributed by atoms with van der Waals surface area (Å²) in [4.78, 5) is 10.6. The van der Waals surface area contributed by atoms with Crippen LogP contribution in [0.3, 0.4) is 0 Å². The largest absolute Gasteiger partial charge is 0.481 e. The Balaban J connectivity index is 2.78. The summed E-state index contributed by atoms with van der Waals surface area (Å²) in [7, 11) is -3.39. The number of sulfonamides is 1. The molecule has 6 heteroatoms. The smallest absolute Gasteiger partial charge is 0.303 e. The Morgan fingerprint density at radius 2 is 1.95 bits per heavy atom. The van der Waals surface area contributed by atoms with Gasteiger partial charge in [0.25, 0.3) is 0 Å². The van der Waals surface area contributed by atoms with Gasteiger partial charge in [0.15, 0.2) is 0 Å². The molecule has 0 atom stereocenters. The van der Waals surface area contributed by atoms with Crippen molar-refractivity contribution in [2.24, 2.45) is 5.92 Å².